The van der Waals surface area contributed by atoms with Crippen LogP contribution in [0.4, 0.5) is 0 Å². The Balaban J connectivity index is 0.000000252. The van der Waals surface area contributed by atoms with Crippen LogP contribution < -0.4 is 0 Å². The van der Waals surface area contributed by atoms with Gasteiger partial charge < -0.3 is 15.1 Å². The molecule has 0 saturated carbocycles. The number of hydrogen-bond acceptors (Lipinski definition) is 4. The van der Waals surface area contributed by atoms with E-state index in [0.717, 1.165) is 19.6 Å². The number of carboxylic acids is 1. The van der Waals surface area contributed by atoms with Crippen LogP contribution in [0.25, 0.3) is 0 Å². The fraction of sp³-hybridized carbons (Fsp3) is 0.714. The van der Waals surface area contributed by atoms with Gasteiger partial charge in [0.05, 0.1) is 19.5 Å². The number of hydrogen-bond donors (Lipinski definition) is 2. The van der Waals surface area contributed by atoms with Gasteiger partial charge in [0.15, 0.2) is 0 Å². The summed E-state index contributed by atoms with van der Waals surface area (Å²) in [5, 5.41) is 16.0. The van der Waals surface area contributed by atoms with Gasteiger partial charge in [-0.25, -0.2) is 0 Å². The highest BCUT2D eigenvalue weighted by Crippen LogP contribution is 1.89. The number of β-amino-alcohol motifs (C(OH)–C–C–N with tert-alkyl or cyclic N) is 1. The number of aliphatic hydroxyl groups is 1. The van der Waals surface area contributed by atoms with E-state index < -0.39 is 5.97 Å². The van der Waals surface area contributed by atoms with Gasteiger partial charge in [0.2, 0.25) is 0 Å². The highest BCUT2D eigenvalue weighted by Gasteiger charge is 2.01. The van der Waals surface area contributed by atoms with Gasteiger partial charge in [-0.15, -0.1) is 11.6 Å². The predicted molar refractivity (Wildman–Crippen MR) is 50.4 cm³/mol. The van der Waals surface area contributed by atoms with Crippen LogP contribution in [0.5, 0.6) is 0 Å². The van der Waals surface area contributed by atoms with Crippen LogP contribution in [-0.2, 0) is 4.79 Å². The number of aliphatic imine (C=N–C) groups is 1. The normalized spacial score (nSPS) is 13.8. The number of aliphatic hydroxyl groups excluding tert-OH is 1. The zero-order valence-corrected chi connectivity index (χ0v) is 7.94. The highest BCUT2D eigenvalue weighted by molar-refractivity contribution is 6.26. The molecule has 0 spiro atoms. The molecule has 1 aliphatic heterocycles. The average molecular weight is 209 g/mol. The van der Waals surface area contributed by atoms with E-state index in [0.29, 0.717) is 0 Å². The Kier molecular flexibility index (Phi) is 7.33. The largest absolute Gasteiger partial charge is 0.480 e. The van der Waals surface area contributed by atoms with Crippen LogP contribution in [0, 0.1) is 0 Å². The molecule has 0 aromatic heterocycles. The summed E-state index contributed by atoms with van der Waals surface area (Å²) in [6.07, 6.45) is 1.79. The van der Waals surface area contributed by atoms with Crippen molar-refractivity contribution in [3.63, 3.8) is 0 Å². The molecular weight excluding hydrogens is 196 g/mol. The van der Waals surface area contributed by atoms with Crippen molar-refractivity contribution in [1.82, 2.24) is 4.90 Å². The fourth-order valence-electron chi connectivity index (χ4n) is 0.715. The van der Waals surface area contributed by atoms with E-state index in [2.05, 4.69) is 4.99 Å². The third-order valence-electron chi connectivity index (χ3n) is 1.26. The molecule has 6 heteroatoms. The molecule has 1 rings (SSSR count). The third kappa shape index (κ3) is 7.55. The number of aliphatic carboxylic acids is 1. The van der Waals surface area contributed by atoms with E-state index >= 15 is 0 Å². The molecule has 5 nitrogen and oxygen atoms in total. The molecule has 0 unspecified atom stereocenters. The van der Waals surface area contributed by atoms with Gasteiger partial charge in [0.1, 0.15) is 5.88 Å². The predicted octanol–water partition coefficient (Wildman–Crippen LogP) is -0.368. The maximum absolute atomic E-state index is 9.24. The van der Waals surface area contributed by atoms with Gasteiger partial charge in [-0.2, -0.15) is 0 Å². The molecule has 0 radical (unpaired) electrons. The maximum atomic E-state index is 9.24. The molecular formula is C7H13ClN2O3. The third-order valence-corrected chi connectivity index (χ3v) is 1.49. The number of carbonyl (C=O) groups is 1. The number of nitrogens with zero attached hydrogens (tertiary/aromatic N) is 2. The van der Waals surface area contributed by atoms with E-state index in [9.17, 15) is 4.79 Å². The average Bonchev–Trinajstić information content (AvgIpc) is 2.59. The molecule has 2 N–H and O–H groups in total. The molecule has 0 aromatic carbocycles. The molecule has 1 heterocycles. The summed E-state index contributed by atoms with van der Waals surface area (Å²) in [5.41, 5.74) is 0. The van der Waals surface area contributed by atoms with Gasteiger partial charge in [-0.05, 0) is 0 Å². The molecule has 13 heavy (non-hydrogen) atoms. The van der Waals surface area contributed by atoms with Gasteiger partial charge in [-0.1, -0.05) is 0 Å². The monoisotopic (exact) mass is 208 g/mol. The Hall–Kier alpha value is -0.810. The first-order chi connectivity index (χ1) is 6.20. The SMILES string of the molecule is O=C(O)CCl.OCCN1C=NCC1. The van der Waals surface area contributed by atoms with Crippen molar-refractivity contribution < 1.29 is 15.0 Å². The lowest BCUT2D eigenvalue weighted by molar-refractivity contribution is -0.134. The van der Waals surface area contributed by atoms with Gasteiger partial charge in [-0.3, -0.25) is 9.79 Å². The summed E-state index contributed by atoms with van der Waals surface area (Å²) in [6.45, 7) is 2.82. The quantitative estimate of drug-likeness (QED) is 0.621. The van der Waals surface area contributed by atoms with Crippen molar-refractivity contribution in [2.45, 2.75) is 0 Å². The number of carboxylic acid groups (broad SMARTS) is 1. The van der Waals surface area contributed by atoms with Crippen LogP contribution >= 0.6 is 11.6 Å². The van der Waals surface area contributed by atoms with Crippen LogP contribution in [-0.4, -0.2) is 59.5 Å². The first kappa shape index (κ1) is 12.2. The molecule has 0 aliphatic carbocycles. The minimum absolute atomic E-state index is 0.228. The van der Waals surface area contributed by atoms with Crippen LogP contribution in [0.3, 0.4) is 0 Å². The molecule has 0 fully saturated rings. The van der Waals surface area contributed by atoms with Crippen molar-refractivity contribution in [2.75, 3.05) is 32.1 Å². The minimum atomic E-state index is -0.980. The molecule has 0 amide bonds. The lowest BCUT2D eigenvalue weighted by Crippen LogP contribution is -2.22. The molecule has 0 bridgehead atoms. The zero-order valence-electron chi connectivity index (χ0n) is 7.19. The summed E-state index contributed by atoms with van der Waals surface area (Å²) in [7, 11) is 0. The summed E-state index contributed by atoms with van der Waals surface area (Å²) >= 11 is 4.74. The topological polar surface area (TPSA) is 73.1 Å². The fourth-order valence-corrected chi connectivity index (χ4v) is 0.715. The van der Waals surface area contributed by atoms with E-state index in [1.54, 1.807) is 6.34 Å². The van der Waals surface area contributed by atoms with Gasteiger partial charge >= 0.3 is 5.97 Å². The van der Waals surface area contributed by atoms with Crippen LogP contribution in [0.1, 0.15) is 0 Å². The number of halogens is 1. The number of rotatable bonds is 3. The van der Waals surface area contributed by atoms with Crippen molar-refractivity contribution in [2.24, 2.45) is 4.99 Å². The molecule has 0 aromatic rings. The number of alkyl halides is 1. The second-order valence-corrected chi connectivity index (χ2v) is 2.58. The van der Waals surface area contributed by atoms with Crippen LogP contribution in [0.15, 0.2) is 4.99 Å². The Morgan fingerprint density at radius 2 is 2.31 bits per heavy atom. The first-order valence-electron chi connectivity index (χ1n) is 3.83. The summed E-state index contributed by atoms with van der Waals surface area (Å²) < 4.78 is 0. The molecule has 1 aliphatic rings. The minimum Gasteiger partial charge on any atom is -0.480 e. The van der Waals surface area contributed by atoms with Crippen molar-refractivity contribution in [3.05, 3.63) is 0 Å². The van der Waals surface area contributed by atoms with Gasteiger partial charge in [0, 0.05) is 13.1 Å². The molecule has 0 saturated heterocycles. The molecule has 76 valence electrons. The molecule has 0 atom stereocenters. The van der Waals surface area contributed by atoms with E-state index in [1.807, 2.05) is 4.90 Å². The lowest BCUT2D eigenvalue weighted by atomic mass is 10.5. The Morgan fingerprint density at radius 1 is 1.69 bits per heavy atom. The Morgan fingerprint density at radius 3 is 2.62 bits per heavy atom. The smallest absolute Gasteiger partial charge is 0.318 e. The van der Waals surface area contributed by atoms with Crippen molar-refractivity contribution in [1.29, 1.82) is 0 Å². The first-order valence-corrected chi connectivity index (χ1v) is 4.36. The summed E-state index contributed by atoms with van der Waals surface area (Å²) in [5.74, 6) is -1.29. The second-order valence-electron chi connectivity index (χ2n) is 2.31. The van der Waals surface area contributed by atoms with Gasteiger partial charge in [0.25, 0.3) is 0 Å². The summed E-state index contributed by atoms with van der Waals surface area (Å²) in [6, 6.07) is 0. The standard InChI is InChI=1S/C5H10N2O.C2H3ClO2/c8-4-3-7-2-1-6-5-7;3-1-2(4)5/h5,8H,1-4H2;1H2,(H,4,5). The highest BCUT2D eigenvalue weighted by atomic mass is 35.5. The van der Waals surface area contributed by atoms with E-state index in [1.165, 1.54) is 0 Å². The maximum Gasteiger partial charge on any atom is 0.318 e. The van der Waals surface area contributed by atoms with E-state index in [-0.39, 0.29) is 12.5 Å². The Labute approximate surface area is 81.6 Å². The van der Waals surface area contributed by atoms with E-state index in [4.69, 9.17) is 21.8 Å². The second kappa shape index (κ2) is 7.82. The van der Waals surface area contributed by atoms with Crippen molar-refractivity contribution >= 4 is 23.9 Å². The lowest BCUT2D eigenvalue weighted by Gasteiger charge is -2.09. The van der Waals surface area contributed by atoms with Crippen molar-refractivity contribution in [3.8, 4) is 0 Å². The Bertz CT molecular complexity index is 175. The zero-order chi connectivity index (χ0) is 10.1. The van der Waals surface area contributed by atoms with Crippen LogP contribution in [0.2, 0.25) is 0 Å². The summed E-state index contributed by atoms with van der Waals surface area (Å²) in [4.78, 5) is 15.2.